The van der Waals surface area contributed by atoms with E-state index in [2.05, 4.69) is 72.5 Å². The van der Waals surface area contributed by atoms with Gasteiger partial charge in [0.1, 0.15) is 0 Å². The lowest BCUT2D eigenvalue weighted by molar-refractivity contribution is 0.0286. The summed E-state index contributed by atoms with van der Waals surface area (Å²) in [6.45, 7) is 28.1. The highest BCUT2D eigenvalue weighted by Crippen LogP contribution is 2.57. The van der Waals surface area contributed by atoms with Crippen molar-refractivity contribution >= 4 is 0 Å². The molecule has 0 aromatic heterocycles. The summed E-state index contributed by atoms with van der Waals surface area (Å²) in [6.07, 6.45) is 6.74. The van der Waals surface area contributed by atoms with Crippen molar-refractivity contribution in [1.82, 2.24) is 10.2 Å². The summed E-state index contributed by atoms with van der Waals surface area (Å²) >= 11 is 0. The number of fused-ring (bicyclic) bond motifs is 1. The minimum absolute atomic E-state index is 0.403. The highest BCUT2D eigenvalue weighted by Gasteiger charge is 2.57. The maximum absolute atomic E-state index is 5.29. The van der Waals surface area contributed by atoms with Gasteiger partial charge >= 0.3 is 0 Å². The zero-order valence-corrected chi connectivity index (χ0v) is 21.9. The van der Waals surface area contributed by atoms with Crippen LogP contribution >= 0.6 is 0 Å². The summed E-state index contributed by atoms with van der Waals surface area (Å²) in [5.41, 5.74) is 1.46. The van der Waals surface area contributed by atoms with Crippen molar-refractivity contribution in [3.63, 3.8) is 0 Å². The van der Waals surface area contributed by atoms with Crippen molar-refractivity contribution in [2.45, 2.75) is 100.0 Å². The average molecular weight is 423 g/mol. The van der Waals surface area contributed by atoms with E-state index in [1.54, 1.807) is 0 Å². The highest BCUT2D eigenvalue weighted by molar-refractivity contribution is 5.08. The molecule has 2 atom stereocenters. The molecule has 0 aromatic carbocycles. The van der Waals surface area contributed by atoms with Crippen LogP contribution in [-0.4, -0.2) is 49.8 Å². The lowest BCUT2D eigenvalue weighted by atomic mass is 9.76. The molecule has 0 amide bonds. The fraction of sp³-hybridized carbons (Fsp3) is 1.00. The first-order valence-corrected chi connectivity index (χ1v) is 12.9. The van der Waals surface area contributed by atoms with E-state index < -0.39 is 0 Å². The SMILES string of the molecule is CC(C)(C)C1C2CNCC21.CC(C)(C)C1CCOCC1.CC(C)(C)N1CCCCC1. The van der Waals surface area contributed by atoms with Crippen LogP contribution in [0.5, 0.6) is 0 Å². The quantitative estimate of drug-likeness (QED) is 0.501. The Morgan fingerprint density at radius 2 is 1.20 bits per heavy atom. The summed E-state index contributed by atoms with van der Waals surface area (Å²) in [6, 6.07) is 0. The number of nitrogens with one attached hydrogen (secondary N) is 1. The topological polar surface area (TPSA) is 24.5 Å². The van der Waals surface area contributed by atoms with Crippen molar-refractivity contribution < 1.29 is 4.74 Å². The fourth-order valence-corrected chi connectivity index (χ4v) is 5.83. The first-order chi connectivity index (χ1) is 13.8. The lowest BCUT2D eigenvalue weighted by Crippen LogP contribution is -2.44. The molecule has 3 heterocycles. The van der Waals surface area contributed by atoms with Gasteiger partial charge in [-0.1, -0.05) is 48.0 Å². The van der Waals surface area contributed by atoms with Gasteiger partial charge < -0.3 is 10.1 Å². The van der Waals surface area contributed by atoms with E-state index in [1.807, 2.05) is 0 Å². The van der Waals surface area contributed by atoms with E-state index in [0.717, 1.165) is 36.9 Å². The number of ether oxygens (including phenoxy) is 1. The zero-order valence-electron chi connectivity index (χ0n) is 21.9. The van der Waals surface area contributed by atoms with Crippen molar-refractivity contribution in [2.75, 3.05) is 39.4 Å². The van der Waals surface area contributed by atoms with Crippen LogP contribution < -0.4 is 5.32 Å². The molecule has 1 saturated carbocycles. The van der Waals surface area contributed by atoms with Gasteiger partial charge in [0.2, 0.25) is 0 Å². The summed E-state index contributed by atoms with van der Waals surface area (Å²) in [5, 5.41) is 3.42. The van der Waals surface area contributed by atoms with Crippen LogP contribution in [0.1, 0.15) is 94.4 Å². The van der Waals surface area contributed by atoms with Crippen molar-refractivity contribution in [2.24, 2.45) is 34.5 Å². The molecule has 178 valence electrons. The molecule has 1 N–H and O–H groups in total. The Hall–Kier alpha value is -0.120. The van der Waals surface area contributed by atoms with Gasteiger partial charge in [0.25, 0.3) is 0 Å². The molecule has 3 aliphatic heterocycles. The minimum Gasteiger partial charge on any atom is -0.381 e. The fourth-order valence-electron chi connectivity index (χ4n) is 5.83. The highest BCUT2D eigenvalue weighted by atomic mass is 16.5. The number of hydrogen-bond acceptors (Lipinski definition) is 3. The molecule has 0 radical (unpaired) electrons. The molecule has 0 spiro atoms. The van der Waals surface area contributed by atoms with Crippen molar-refractivity contribution in [1.29, 1.82) is 0 Å². The van der Waals surface area contributed by atoms with Crippen molar-refractivity contribution in [3.05, 3.63) is 0 Å². The molecule has 0 bridgehead atoms. The Morgan fingerprint density at radius 1 is 0.700 bits per heavy atom. The second-order valence-corrected chi connectivity index (χ2v) is 13.3. The van der Waals surface area contributed by atoms with Crippen LogP contribution in [0.2, 0.25) is 0 Å². The van der Waals surface area contributed by atoms with E-state index in [9.17, 15) is 0 Å². The standard InChI is InChI=1S/C9H17N.C9H19N.C9H18O/c1-9(2,3)8-6-4-10-5-7(6)8;1-9(2,3)10-7-5-4-6-8-10;1-9(2,3)8-4-6-10-7-5-8/h6-8,10H,4-5H2,1-3H3;4-8H2,1-3H3;8H,4-7H2,1-3H3. The molecule has 2 unspecified atom stereocenters. The summed E-state index contributed by atoms with van der Waals surface area (Å²) in [5.74, 6) is 3.95. The summed E-state index contributed by atoms with van der Waals surface area (Å²) in [7, 11) is 0. The number of hydrogen-bond donors (Lipinski definition) is 1. The van der Waals surface area contributed by atoms with Crippen LogP contribution in [0.4, 0.5) is 0 Å². The Bertz CT molecular complexity index is 430. The van der Waals surface area contributed by atoms with Gasteiger partial charge in [-0.3, -0.25) is 4.90 Å². The number of nitrogens with zero attached hydrogens (tertiary/aromatic N) is 1. The first-order valence-electron chi connectivity index (χ1n) is 12.9. The predicted molar refractivity (Wildman–Crippen MR) is 131 cm³/mol. The molecular weight excluding hydrogens is 368 g/mol. The maximum atomic E-state index is 5.29. The maximum Gasteiger partial charge on any atom is 0.0468 e. The normalized spacial score (nSPS) is 30.5. The van der Waals surface area contributed by atoms with Gasteiger partial charge in [0.05, 0.1) is 0 Å². The van der Waals surface area contributed by atoms with Gasteiger partial charge in [-0.25, -0.2) is 0 Å². The third-order valence-electron chi connectivity index (χ3n) is 7.84. The van der Waals surface area contributed by atoms with E-state index in [-0.39, 0.29) is 0 Å². The van der Waals surface area contributed by atoms with Crippen LogP contribution in [-0.2, 0) is 4.74 Å². The van der Waals surface area contributed by atoms with Gasteiger partial charge in [0, 0.05) is 18.8 Å². The predicted octanol–water partition coefficient (Wildman–Crippen LogP) is 6.23. The molecule has 3 heteroatoms. The molecule has 0 aromatic rings. The van der Waals surface area contributed by atoms with E-state index >= 15 is 0 Å². The Labute approximate surface area is 189 Å². The molecule has 4 aliphatic rings. The van der Waals surface area contributed by atoms with Gasteiger partial charge in [-0.2, -0.15) is 0 Å². The molecule has 3 saturated heterocycles. The average Bonchev–Trinajstić information content (AvgIpc) is 3.19. The lowest BCUT2D eigenvalue weighted by Gasteiger charge is -2.38. The third-order valence-corrected chi connectivity index (χ3v) is 7.84. The smallest absolute Gasteiger partial charge is 0.0468 e. The second kappa shape index (κ2) is 10.7. The van der Waals surface area contributed by atoms with E-state index in [1.165, 1.54) is 58.3 Å². The zero-order chi connectivity index (χ0) is 22.6. The minimum atomic E-state index is 0.403. The third kappa shape index (κ3) is 8.10. The van der Waals surface area contributed by atoms with Crippen LogP contribution in [0.25, 0.3) is 0 Å². The molecule has 4 fully saturated rings. The van der Waals surface area contributed by atoms with Crippen molar-refractivity contribution in [3.8, 4) is 0 Å². The Morgan fingerprint density at radius 3 is 1.50 bits per heavy atom. The summed E-state index contributed by atoms with van der Waals surface area (Å²) < 4.78 is 5.29. The number of rotatable bonds is 0. The molecule has 4 rings (SSSR count). The van der Waals surface area contributed by atoms with Crippen LogP contribution in [0, 0.1) is 34.5 Å². The second-order valence-electron chi connectivity index (χ2n) is 13.3. The molecule has 3 nitrogen and oxygen atoms in total. The van der Waals surface area contributed by atoms with E-state index in [0.29, 0.717) is 16.4 Å². The van der Waals surface area contributed by atoms with E-state index in [4.69, 9.17) is 4.74 Å². The number of likely N-dealkylation sites (tertiary alicyclic amines) is 1. The summed E-state index contributed by atoms with van der Waals surface area (Å²) in [4.78, 5) is 2.58. The largest absolute Gasteiger partial charge is 0.381 e. The van der Waals surface area contributed by atoms with Gasteiger partial charge in [-0.15, -0.1) is 0 Å². The Kier molecular flexibility index (Phi) is 9.29. The van der Waals surface area contributed by atoms with Gasteiger partial charge in [0.15, 0.2) is 0 Å². The van der Waals surface area contributed by atoms with Gasteiger partial charge in [-0.05, 0) is 107 Å². The Balaban J connectivity index is 0.000000160. The monoisotopic (exact) mass is 422 g/mol. The number of piperidine rings is 2. The van der Waals surface area contributed by atoms with Crippen LogP contribution in [0.15, 0.2) is 0 Å². The van der Waals surface area contributed by atoms with Crippen LogP contribution in [0.3, 0.4) is 0 Å². The molecule has 30 heavy (non-hydrogen) atoms. The first kappa shape index (κ1) is 26.1. The molecular formula is C27H54N2O. The molecule has 1 aliphatic carbocycles.